The predicted molar refractivity (Wildman–Crippen MR) is 71.0 cm³/mol. The molecule has 6 heteroatoms. The van der Waals surface area contributed by atoms with Crippen LogP contribution < -0.4 is 5.32 Å². The number of nitrogens with one attached hydrogen (secondary N) is 1. The second-order valence-corrected chi connectivity index (χ2v) is 6.45. The zero-order chi connectivity index (χ0) is 13.2. The molecule has 5 nitrogen and oxygen atoms in total. The molecule has 18 heavy (non-hydrogen) atoms. The SMILES string of the molecule is CCNc1ncccc1S(=O)(=O)N(C)C1CCC1. The van der Waals surface area contributed by atoms with E-state index in [4.69, 9.17) is 0 Å². The standard InChI is InChI=1S/C12H19N3O2S/c1-3-13-12-11(8-5-9-14-12)18(16,17)15(2)10-6-4-7-10/h5,8-10H,3-4,6-7H2,1-2H3,(H,13,14). The zero-order valence-electron chi connectivity index (χ0n) is 10.8. The number of sulfonamides is 1. The van der Waals surface area contributed by atoms with Crippen LogP contribution in [-0.4, -0.2) is 37.3 Å². The van der Waals surface area contributed by atoms with Gasteiger partial charge in [0.1, 0.15) is 10.7 Å². The minimum absolute atomic E-state index is 0.143. The second-order valence-electron chi connectivity index (χ2n) is 4.49. The molecule has 1 heterocycles. The van der Waals surface area contributed by atoms with Crippen molar-refractivity contribution < 1.29 is 8.42 Å². The van der Waals surface area contributed by atoms with Crippen LogP contribution in [-0.2, 0) is 10.0 Å². The van der Waals surface area contributed by atoms with E-state index in [-0.39, 0.29) is 10.9 Å². The first-order chi connectivity index (χ1) is 8.57. The van der Waals surface area contributed by atoms with Gasteiger partial charge in [-0.1, -0.05) is 6.42 Å². The quantitative estimate of drug-likeness (QED) is 0.883. The van der Waals surface area contributed by atoms with Crippen LogP contribution in [0.15, 0.2) is 23.2 Å². The fourth-order valence-electron chi connectivity index (χ4n) is 2.00. The molecule has 100 valence electrons. The molecule has 0 amide bonds. The summed E-state index contributed by atoms with van der Waals surface area (Å²) in [7, 11) is -1.79. The van der Waals surface area contributed by atoms with Crippen LogP contribution in [0.3, 0.4) is 0 Å². The molecule has 1 aromatic heterocycles. The Kier molecular flexibility index (Phi) is 3.87. The molecule has 1 fully saturated rings. The van der Waals surface area contributed by atoms with Gasteiger partial charge in [-0.15, -0.1) is 0 Å². The minimum atomic E-state index is -3.44. The van der Waals surface area contributed by atoms with Gasteiger partial charge in [0, 0.05) is 25.8 Å². The van der Waals surface area contributed by atoms with Gasteiger partial charge < -0.3 is 5.32 Å². The van der Waals surface area contributed by atoms with Crippen LogP contribution in [0.25, 0.3) is 0 Å². The summed E-state index contributed by atoms with van der Waals surface area (Å²) in [5.41, 5.74) is 0. The lowest BCUT2D eigenvalue weighted by atomic mass is 9.94. The fraction of sp³-hybridized carbons (Fsp3) is 0.583. The minimum Gasteiger partial charge on any atom is -0.369 e. The Morgan fingerprint density at radius 2 is 2.22 bits per heavy atom. The highest BCUT2D eigenvalue weighted by Crippen LogP contribution is 2.30. The maximum atomic E-state index is 12.5. The molecule has 1 aliphatic carbocycles. The molecule has 1 aromatic rings. The van der Waals surface area contributed by atoms with Crippen LogP contribution in [0.1, 0.15) is 26.2 Å². The molecule has 0 aliphatic heterocycles. The van der Waals surface area contributed by atoms with Gasteiger partial charge in [0.25, 0.3) is 0 Å². The smallest absolute Gasteiger partial charge is 0.246 e. The second kappa shape index (κ2) is 5.24. The van der Waals surface area contributed by atoms with Crippen molar-refractivity contribution in [2.45, 2.75) is 37.1 Å². The Morgan fingerprint density at radius 1 is 1.50 bits per heavy atom. The van der Waals surface area contributed by atoms with Crippen molar-refractivity contribution >= 4 is 15.8 Å². The highest BCUT2D eigenvalue weighted by Gasteiger charge is 2.33. The number of pyridine rings is 1. The van der Waals surface area contributed by atoms with Gasteiger partial charge in [0.05, 0.1) is 0 Å². The van der Waals surface area contributed by atoms with E-state index in [0.29, 0.717) is 12.4 Å². The third-order valence-corrected chi connectivity index (χ3v) is 5.30. The van der Waals surface area contributed by atoms with Gasteiger partial charge >= 0.3 is 0 Å². The molecule has 0 atom stereocenters. The van der Waals surface area contributed by atoms with E-state index >= 15 is 0 Å². The normalized spacial score (nSPS) is 16.6. The van der Waals surface area contributed by atoms with E-state index in [1.165, 1.54) is 4.31 Å². The molecule has 0 bridgehead atoms. The van der Waals surface area contributed by atoms with E-state index < -0.39 is 10.0 Å². The maximum Gasteiger partial charge on any atom is 0.246 e. The average Bonchev–Trinajstić information content (AvgIpc) is 2.27. The van der Waals surface area contributed by atoms with E-state index in [2.05, 4.69) is 10.3 Å². The Balaban J connectivity index is 2.34. The summed E-state index contributed by atoms with van der Waals surface area (Å²) in [6, 6.07) is 3.40. The third-order valence-electron chi connectivity index (χ3n) is 3.36. The molecule has 0 unspecified atom stereocenters. The molecule has 2 rings (SSSR count). The molecule has 0 radical (unpaired) electrons. The van der Waals surface area contributed by atoms with Crippen molar-refractivity contribution in [3.8, 4) is 0 Å². The maximum absolute atomic E-state index is 12.5. The van der Waals surface area contributed by atoms with Crippen LogP contribution in [0.5, 0.6) is 0 Å². The fourth-order valence-corrected chi connectivity index (χ4v) is 3.53. The zero-order valence-corrected chi connectivity index (χ0v) is 11.6. The molecule has 0 saturated heterocycles. The van der Waals surface area contributed by atoms with Gasteiger partial charge in [0.2, 0.25) is 10.0 Å². The van der Waals surface area contributed by atoms with E-state index in [1.54, 1.807) is 25.4 Å². The molecule has 1 saturated carbocycles. The number of hydrogen-bond donors (Lipinski definition) is 1. The van der Waals surface area contributed by atoms with Crippen LogP contribution in [0, 0.1) is 0 Å². The molecule has 1 aliphatic rings. The summed E-state index contributed by atoms with van der Waals surface area (Å²) in [4.78, 5) is 4.37. The topological polar surface area (TPSA) is 62.3 Å². The summed E-state index contributed by atoms with van der Waals surface area (Å²) < 4.78 is 26.5. The van der Waals surface area contributed by atoms with E-state index in [0.717, 1.165) is 19.3 Å². The lowest BCUT2D eigenvalue weighted by Gasteiger charge is -2.34. The third kappa shape index (κ3) is 2.35. The van der Waals surface area contributed by atoms with E-state index in [9.17, 15) is 8.42 Å². The van der Waals surface area contributed by atoms with Crippen LogP contribution in [0.2, 0.25) is 0 Å². The molecule has 1 N–H and O–H groups in total. The van der Waals surface area contributed by atoms with Gasteiger partial charge in [0.15, 0.2) is 0 Å². The lowest BCUT2D eigenvalue weighted by molar-refractivity contribution is 0.249. The number of rotatable bonds is 5. The van der Waals surface area contributed by atoms with E-state index in [1.807, 2.05) is 6.92 Å². The first-order valence-electron chi connectivity index (χ1n) is 6.24. The summed E-state index contributed by atoms with van der Waals surface area (Å²) in [5, 5.41) is 3.00. The highest BCUT2D eigenvalue weighted by atomic mass is 32.2. The lowest BCUT2D eigenvalue weighted by Crippen LogP contribution is -2.41. The predicted octanol–water partition coefficient (Wildman–Crippen LogP) is 1.69. The first-order valence-corrected chi connectivity index (χ1v) is 7.68. The van der Waals surface area contributed by atoms with Crippen molar-refractivity contribution in [2.75, 3.05) is 18.9 Å². The Labute approximate surface area is 108 Å². The van der Waals surface area contributed by atoms with Crippen molar-refractivity contribution in [1.82, 2.24) is 9.29 Å². The molecule has 0 spiro atoms. The van der Waals surface area contributed by atoms with Gasteiger partial charge in [-0.2, -0.15) is 4.31 Å². The number of hydrogen-bond acceptors (Lipinski definition) is 4. The van der Waals surface area contributed by atoms with Crippen molar-refractivity contribution in [3.05, 3.63) is 18.3 Å². The Bertz CT molecular complexity index is 512. The van der Waals surface area contributed by atoms with Gasteiger partial charge in [-0.3, -0.25) is 0 Å². The van der Waals surface area contributed by atoms with Crippen molar-refractivity contribution in [1.29, 1.82) is 0 Å². The largest absolute Gasteiger partial charge is 0.369 e. The number of aromatic nitrogens is 1. The van der Waals surface area contributed by atoms with Gasteiger partial charge in [-0.05, 0) is 31.9 Å². The number of nitrogens with zero attached hydrogens (tertiary/aromatic N) is 2. The molecular weight excluding hydrogens is 250 g/mol. The summed E-state index contributed by atoms with van der Waals surface area (Å²) in [5.74, 6) is 0.436. The Hall–Kier alpha value is -1.14. The first kappa shape index (κ1) is 13.3. The monoisotopic (exact) mass is 269 g/mol. The molecule has 0 aromatic carbocycles. The molecular formula is C12H19N3O2S. The van der Waals surface area contributed by atoms with Crippen molar-refractivity contribution in [2.24, 2.45) is 0 Å². The highest BCUT2D eigenvalue weighted by molar-refractivity contribution is 7.89. The summed E-state index contributed by atoms with van der Waals surface area (Å²) in [6.45, 7) is 2.56. The average molecular weight is 269 g/mol. The van der Waals surface area contributed by atoms with Gasteiger partial charge in [-0.25, -0.2) is 13.4 Å². The van der Waals surface area contributed by atoms with Crippen molar-refractivity contribution in [3.63, 3.8) is 0 Å². The van der Waals surface area contributed by atoms with Crippen LogP contribution in [0.4, 0.5) is 5.82 Å². The summed E-state index contributed by atoms with van der Waals surface area (Å²) in [6.07, 6.45) is 4.61. The van der Waals surface area contributed by atoms with Crippen LogP contribution >= 0.6 is 0 Å². The Morgan fingerprint density at radius 3 is 2.78 bits per heavy atom. The number of anilines is 1. The summed E-state index contributed by atoms with van der Waals surface area (Å²) >= 11 is 0.